The molecule has 4 amide bonds. The van der Waals surface area contributed by atoms with Gasteiger partial charge >= 0.3 is 5.97 Å². The molecule has 2 heterocycles. The lowest BCUT2D eigenvalue weighted by Gasteiger charge is -2.27. The molecule has 0 unspecified atom stereocenters. The van der Waals surface area contributed by atoms with E-state index in [-0.39, 0.29) is 41.8 Å². The Kier molecular flexibility index (Phi) is 18.8. The number of ether oxygens (including phenoxy) is 1. The van der Waals surface area contributed by atoms with Crippen molar-refractivity contribution in [1.29, 1.82) is 0 Å². The highest BCUT2D eigenvalue weighted by Gasteiger charge is 2.33. The monoisotopic (exact) mass is 741 g/mol. The molecule has 3 rings (SSSR count). The Bertz CT molecular complexity index is 1460. The number of hydrogen-bond donors (Lipinski definition) is 5. The number of phenols is 1. The van der Waals surface area contributed by atoms with Crippen molar-refractivity contribution in [3.8, 4) is 17.2 Å². The second-order valence-electron chi connectivity index (χ2n) is 13.9. The van der Waals surface area contributed by atoms with Gasteiger partial charge in [-0.3, -0.25) is 24.4 Å². The summed E-state index contributed by atoms with van der Waals surface area (Å²) in [5, 5.41) is 29.0. The summed E-state index contributed by atoms with van der Waals surface area (Å²) in [4.78, 5) is 69.0. The van der Waals surface area contributed by atoms with E-state index in [1.165, 1.54) is 45.1 Å². The Hall–Kier alpha value is -4.46. The van der Waals surface area contributed by atoms with Crippen LogP contribution >= 0.6 is 0 Å². The van der Waals surface area contributed by atoms with Crippen LogP contribution in [0.25, 0.3) is 11.5 Å². The first kappa shape index (κ1) is 42.9. The number of aromatic hydroxyl groups is 1. The van der Waals surface area contributed by atoms with Gasteiger partial charge in [0.2, 0.25) is 23.6 Å². The quantitative estimate of drug-likeness (QED) is 0.0401. The predicted molar refractivity (Wildman–Crippen MR) is 198 cm³/mol. The third-order valence-electron chi connectivity index (χ3n) is 9.62. The van der Waals surface area contributed by atoms with Crippen molar-refractivity contribution in [1.82, 2.24) is 26.0 Å². The van der Waals surface area contributed by atoms with Gasteiger partial charge in [-0.05, 0) is 63.5 Å². The van der Waals surface area contributed by atoms with Crippen LogP contribution in [0.5, 0.6) is 5.75 Å². The van der Waals surface area contributed by atoms with Gasteiger partial charge in [-0.2, -0.15) is 0 Å². The van der Waals surface area contributed by atoms with Crippen molar-refractivity contribution in [2.24, 2.45) is 5.92 Å². The zero-order chi connectivity index (χ0) is 38.6. The molecular weight excluding hydrogens is 682 g/mol. The minimum atomic E-state index is -1.16. The van der Waals surface area contributed by atoms with Gasteiger partial charge < -0.3 is 30.2 Å². The number of esters is 1. The SMILES string of the molecule is CCCCCCCCCCC[C@@H](OC(=O)[C@H](CCCCN(O)C(C)=O)NC(=O)c1coc(-c2ccccc2O)n1)[C@@H](C)C(=O)N[C@@H]1CCCCNC1=O. The lowest BCUT2D eigenvalue weighted by molar-refractivity contribution is -0.163. The van der Waals surface area contributed by atoms with Gasteiger partial charge in [-0.15, -0.1) is 0 Å². The van der Waals surface area contributed by atoms with Crippen LogP contribution in [0.1, 0.15) is 134 Å². The predicted octanol–water partition coefficient (Wildman–Crippen LogP) is 5.81. The number of nitrogens with zero attached hydrogens (tertiary/aromatic N) is 2. The lowest BCUT2D eigenvalue weighted by atomic mass is 9.96. The normalized spacial score (nSPS) is 16.1. The average Bonchev–Trinajstić information content (AvgIpc) is 3.55. The minimum Gasteiger partial charge on any atom is -0.507 e. The van der Waals surface area contributed by atoms with E-state index in [2.05, 4.69) is 27.9 Å². The molecule has 1 aromatic heterocycles. The van der Waals surface area contributed by atoms with Crippen LogP contribution in [0, 0.1) is 5.92 Å². The number of hydroxylamine groups is 2. The number of hydrogen-bond acceptors (Lipinski definition) is 10. The van der Waals surface area contributed by atoms with Gasteiger partial charge in [0, 0.05) is 20.0 Å². The van der Waals surface area contributed by atoms with Crippen molar-refractivity contribution in [2.75, 3.05) is 13.1 Å². The van der Waals surface area contributed by atoms with Crippen LogP contribution in [0.3, 0.4) is 0 Å². The molecule has 0 spiro atoms. The Labute approximate surface area is 312 Å². The molecule has 14 heteroatoms. The minimum absolute atomic E-state index is 0.0165. The molecule has 1 aliphatic heterocycles. The Morgan fingerprint density at radius 3 is 2.38 bits per heavy atom. The molecule has 4 atom stereocenters. The Balaban J connectivity index is 1.73. The van der Waals surface area contributed by atoms with Crippen LogP contribution in [0.4, 0.5) is 0 Å². The lowest BCUT2D eigenvalue weighted by Crippen LogP contribution is -2.50. The van der Waals surface area contributed by atoms with E-state index in [1.807, 2.05) is 0 Å². The van der Waals surface area contributed by atoms with Crippen LogP contribution < -0.4 is 16.0 Å². The van der Waals surface area contributed by atoms with Gasteiger partial charge in [0.15, 0.2) is 5.69 Å². The highest BCUT2D eigenvalue weighted by molar-refractivity contribution is 5.95. The summed E-state index contributed by atoms with van der Waals surface area (Å²) in [6.45, 7) is 5.69. The fraction of sp³-hybridized carbons (Fsp3) is 0.641. The maximum Gasteiger partial charge on any atom is 0.328 e. The molecule has 53 heavy (non-hydrogen) atoms. The number of nitrogens with one attached hydrogen (secondary N) is 3. The Morgan fingerprint density at radius 1 is 1.00 bits per heavy atom. The number of carbonyl (C=O) groups is 5. The number of aromatic nitrogens is 1. The first-order valence-electron chi connectivity index (χ1n) is 19.3. The van der Waals surface area contributed by atoms with Crippen LogP contribution in [-0.2, 0) is 23.9 Å². The number of unbranched alkanes of at least 4 members (excludes halogenated alkanes) is 9. The zero-order valence-electron chi connectivity index (χ0n) is 31.6. The highest BCUT2D eigenvalue weighted by Crippen LogP contribution is 2.28. The maximum absolute atomic E-state index is 13.9. The maximum atomic E-state index is 13.9. The fourth-order valence-corrected chi connectivity index (χ4v) is 6.25. The van der Waals surface area contributed by atoms with E-state index in [0.29, 0.717) is 37.3 Å². The van der Waals surface area contributed by atoms with Gasteiger partial charge in [0.05, 0.1) is 11.5 Å². The summed E-state index contributed by atoms with van der Waals surface area (Å²) >= 11 is 0. The largest absolute Gasteiger partial charge is 0.507 e. The third-order valence-corrected chi connectivity index (χ3v) is 9.62. The summed E-state index contributed by atoms with van der Waals surface area (Å²) in [7, 11) is 0. The molecule has 0 saturated carbocycles. The topological polar surface area (TPSA) is 200 Å². The van der Waals surface area contributed by atoms with E-state index < -0.39 is 47.8 Å². The van der Waals surface area contributed by atoms with E-state index in [9.17, 15) is 34.3 Å². The van der Waals surface area contributed by atoms with Crippen molar-refractivity contribution < 1.29 is 43.4 Å². The van der Waals surface area contributed by atoms with Crippen molar-refractivity contribution >= 4 is 29.6 Å². The molecule has 1 aromatic carbocycles. The van der Waals surface area contributed by atoms with Crippen molar-refractivity contribution in [2.45, 2.75) is 142 Å². The van der Waals surface area contributed by atoms with Crippen molar-refractivity contribution in [3.63, 3.8) is 0 Å². The van der Waals surface area contributed by atoms with Gasteiger partial charge in [0.1, 0.15) is 30.2 Å². The molecule has 14 nitrogen and oxygen atoms in total. The molecule has 5 N–H and O–H groups in total. The van der Waals surface area contributed by atoms with E-state index in [4.69, 9.17) is 9.15 Å². The number of amides is 4. The number of para-hydroxylation sites is 1. The highest BCUT2D eigenvalue weighted by atomic mass is 16.5. The second-order valence-corrected chi connectivity index (χ2v) is 13.9. The van der Waals surface area contributed by atoms with Gasteiger partial charge in [-0.1, -0.05) is 77.3 Å². The summed E-state index contributed by atoms with van der Waals surface area (Å²) in [5.74, 6) is -3.46. The molecule has 0 aliphatic carbocycles. The van der Waals surface area contributed by atoms with Gasteiger partial charge in [0.25, 0.3) is 5.91 Å². The second kappa shape index (κ2) is 23.3. The molecular formula is C39H59N5O9. The van der Waals surface area contributed by atoms with Gasteiger partial charge in [-0.25, -0.2) is 14.8 Å². The summed E-state index contributed by atoms with van der Waals surface area (Å²) in [6.07, 6.45) is 13.4. The number of carbonyl (C=O) groups excluding carboxylic acids is 5. The first-order chi connectivity index (χ1) is 25.5. The molecule has 2 aromatic rings. The number of oxazole rings is 1. The van der Waals surface area contributed by atoms with Crippen molar-refractivity contribution in [3.05, 3.63) is 36.2 Å². The third kappa shape index (κ3) is 14.8. The van der Waals surface area contributed by atoms with Crippen LogP contribution in [0.2, 0.25) is 0 Å². The molecule has 1 saturated heterocycles. The fourth-order valence-electron chi connectivity index (χ4n) is 6.25. The molecule has 0 radical (unpaired) electrons. The zero-order valence-corrected chi connectivity index (χ0v) is 31.6. The van der Waals surface area contributed by atoms with E-state index in [1.54, 1.807) is 25.1 Å². The summed E-state index contributed by atoms with van der Waals surface area (Å²) in [5.41, 5.74) is 0.161. The standard InChI is InChI=1S/C39H59N5O9/c1-4-5-6-7-8-9-10-11-12-23-34(27(2)35(47)41-30-20-15-17-24-40-36(30)48)53-39(50)31(21-16-18-25-44(51)28(3)45)42-37(49)32-26-52-38(43-32)29-19-13-14-22-33(29)46/h13-14,19,22,26-27,30-31,34,46,51H,4-12,15-18,20-21,23-25H2,1-3H3,(H,40,48)(H,41,47)(H,42,49)/t27-,30-,31+,34-/m1/s1. The molecule has 1 aliphatic rings. The molecule has 294 valence electrons. The number of rotatable bonds is 23. The van der Waals surface area contributed by atoms with Crippen LogP contribution in [-0.4, -0.2) is 81.2 Å². The number of benzene rings is 1. The molecule has 0 bridgehead atoms. The number of phenolic OH excluding ortho intramolecular Hbond substituents is 1. The first-order valence-corrected chi connectivity index (χ1v) is 19.3. The molecule has 1 fully saturated rings. The van der Waals surface area contributed by atoms with Crippen LogP contribution in [0.15, 0.2) is 34.9 Å². The summed E-state index contributed by atoms with van der Waals surface area (Å²) in [6, 6.07) is 4.53. The van der Waals surface area contributed by atoms with E-state index >= 15 is 0 Å². The smallest absolute Gasteiger partial charge is 0.328 e. The Morgan fingerprint density at radius 2 is 1.68 bits per heavy atom. The van der Waals surface area contributed by atoms with E-state index in [0.717, 1.165) is 44.8 Å². The average molecular weight is 742 g/mol. The summed E-state index contributed by atoms with van der Waals surface area (Å²) < 4.78 is 11.5.